The molecule has 0 spiro atoms. The summed E-state index contributed by atoms with van der Waals surface area (Å²) in [5.41, 5.74) is 2.33. The summed E-state index contributed by atoms with van der Waals surface area (Å²) in [4.78, 5) is 22.9. The largest absolute Gasteiger partial charge is 0.355 e. The van der Waals surface area contributed by atoms with Crippen LogP contribution >= 0.6 is 0 Å². The molecule has 3 aromatic rings. The van der Waals surface area contributed by atoms with Crippen LogP contribution in [0.15, 0.2) is 30.7 Å². The van der Waals surface area contributed by atoms with Gasteiger partial charge in [0.15, 0.2) is 17.3 Å². The first kappa shape index (κ1) is 12.5. The van der Waals surface area contributed by atoms with Crippen molar-refractivity contribution in [3.8, 4) is 11.5 Å². The van der Waals surface area contributed by atoms with E-state index >= 15 is 0 Å². The van der Waals surface area contributed by atoms with Gasteiger partial charge in [0.25, 0.3) is 0 Å². The van der Waals surface area contributed by atoms with Gasteiger partial charge in [-0.2, -0.15) is 0 Å². The number of fused-ring (bicyclic) bond motifs is 1. The minimum Gasteiger partial charge on any atom is -0.355 e. The molecule has 102 valence electrons. The fourth-order valence-corrected chi connectivity index (χ4v) is 2.20. The maximum atomic E-state index is 4.50. The molecule has 3 heterocycles. The molecular formula is C14H16N6. The number of rotatable bonds is 4. The Morgan fingerprint density at radius 2 is 1.95 bits per heavy atom. The number of pyridine rings is 1. The summed E-state index contributed by atoms with van der Waals surface area (Å²) in [6.07, 6.45) is 3.30. The van der Waals surface area contributed by atoms with Crippen molar-refractivity contribution in [1.29, 1.82) is 0 Å². The molecule has 0 radical (unpaired) electrons. The average molecular weight is 268 g/mol. The van der Waals surface area contributed by atoms with E-state index in [1.165, 1.54) is 0 Å². The molecule has 0 unspecified atom stereocenters. The van der Waals surface area contributed by atoms with Crippen LogP contribution in [-0.4, -0.2) is 38.0 Å². The van der Waals surface area contributed by atoms with E-state index in [0.717, 1.165) is 35.9 Å². The predicted molar refractivity (Wildman–Crippen MR) is 78.5 cm³/mol. The van der Waals surface area contributed by atoms with E-state index in [1.54, 1.807) is 12.5 Å². The Hall–Kier alpha value is -2.50. The van der Waals surface area contributed by atoms with Crippen LogP contribution in [0.2, 0.25) is 0 Å². The van der Waals surface area contributed by atoms with Crippen molar-refractivity contribution in [2.75, 3.05) is 18.0 Å². The Bertz CT molecular complexity index is 702. The summed E-state index contributed by atoms with van der Waals surface area (Å²) in [6.45, 7) is 5.99. The molecule has 0 aromatic carbocycles. The van der Waals surface area contributed by atoms with Gasteiger partial charge < -0.3 is 9.88 Å². The molecule has 1 N–H and O–H groups in total. The molecule has 20 heavy (non-hydrogen) atoms. The molecule has 0 saturated carbocycles. The van der Waals surface area contributed by atoms with Crippen molar-refractivity contribution >= 4 is 17.0 Å². The summed E-state index contributed by atoms with van der Waals surface area (Å²) in [6, 6.07) is 5.74. The third kappa shape index (κ3) is 2.09. The zero-order valence-electron chi connectivity index (χ0n) is 11.5. The van der Waals surface area contributed by atoms with E-state index in [4.69, 9.17) is 0 Å². The Balaban J connectivity index is 2.14. The number of aromatic nitrogens is 5. The normalized spacial score (nSPS) is 10.9. The maximum absolute atomic E-state index is 4.50. The van der Waals surface area contributed by atoms with Crippen molar-refractivity contribution in [3.05, 3.63) is 30.7 Å². The van der Waals surface area contributed by atoms with Crippen LogP contribution in [0.25, 0.3) is 22.7 Å². The first-order chi connectivity index (χ1) is 9.83. The molecule has 6 nitrogen and oxygen atoms in total. The number of imidazole rings is 1. The SMILES string of the molecule is CCN(CC)c1ncnc2nc(-c3ccccn3)[nH]c12. The minimum absolute atomic E-state index is 0.669. The van der Waals surface area contributed by atoms with Crippen molar-refractivity contribution in [3.63, 3.8) is 0 Å². The number of aromatic amines is 1. The lowest BCUT2D eigenvalue weighted by molar-refractivity contribution is 0.847. The van der Waals surface area contributed by atoms with E-state index in [0.29, 0.717) is 5.65 Å². The third-order valence-electron chi connectivity index (χ3n) is 3.24. The number of anilines is 1. The summed E-state index contributed by atoms with van der Waals surface area (Å²) in [7, 11) is 0. The van der Waals surface area contributed by atoms with E-state index in [2.05, 4.69) is 43.7 Å². The van der Waals surface area contributed by atoms with Crippen molar-refractivity contribution in [1.82, 2.24) is 24.9 Å². The van der Waals surface area contributed by atoms with Crippen LogP contribution in [0.5, 0.6) is 0 Å². The molecule has 0 aliphatic heterocycles. The smallest absolute Gasteiger partial charge is 0.183 e. The van der Waals surface area contributed by atoms with Gasteiger partial charge in [0.05, 0.1) is 0 Å². The molecule has 0 bridgehead atoms. The number of H-pyrrole nitrogens is 1. The summed E-state index contributed by atoms with van der Waals surface area (Å²) in [5, 5.41) is 0. The van der Waals surface area contributed by atoms with Crippen LogP contribution in [0.3, 0.4) is 0 Å². The van der Waals surface area contributed by atoms with Crippen molar-refractivity contribution in [2.24, 2.45) is 0 Å². The average Bonchev–Trinajstić information content (AvgIpc) is 2.94. The fourth-order valence-electron chi connectivity index (χ4n) is 2.20. The van der Waals surface area contributed by atoms with Crippen LogP contribution in [0.4, 0.5) is 5.82 Å². The van der Waals surface area contributed by atoms with E-state index in [1.807, 2.05) is 18.2 Å². The van der Waals surface area contributed by atoms with Crippen LogP contribution in [0, 0.1) is 0 Å². The molecule has 0 aliphatic rings. The van der Waals surface area contributed by atoms with Gasteiger partial charge >= 0.3 is 0 Å². The first-order valence-electron chi connectivity index (χ1n) is 6.70. The molecular weight excluding hydrogens is 252 g/mol. The second kappa shape index (κ2) is 5.24. The van der Waals surface area contributed by atoms with Gasteiger partial charge in [-0.25, -0.2) is 15.0 Å². The maximum Gasteiger partial charge on any atom is 0.183 e. The lowest BCUT2D eigenvalue weighted by Crippen LogP contribution is -2.23. The van der Waals surface area contributed by atoms with E-state index < -0.39 is 0 Å². The monoisotopic (exact) mass is 268 g/mol. The standard InChI is InChI=1S/C14H16N6/c1-3-20(4-2)14-11-13(16-9-17-14)19-12(18-11)10-7-5-6-8-15-10/h5-9H,3-4H2,1-2H3,(H,16,17,18,19). The molecule has 6 heteroatoms. The quantitative estimate of drug-likeness (QED) is 0.786. The summed E-state index contributed by atoms with van der Waals surface area (Å²) < 4.78 is 0. The lowest BCUT2D eigenvalue weighted by Gasteiger charge is -2.19. The number of hydrogen-bond acceptors (Lipinski definition) is 5. The predicted octanol–water partition coefficient (Wildman–Crippen LogP) is 2.26. The highest BCUT2D eigenvalue weighted by Gasteiger charge is 2.14. The number of nitrogens with one attached hydrogen (secondary N) is 1. The second-order valence-corrected chi connectivity index (χ2v) is 4.37. The molecule has 0 atom stereocenters. The molecule has 0 saturated heterocycles. The Kier molecular flexibility index (Phi) is 3.28. The fraction of sp³-hybridized carbons (Fsp3) is 0.286. The highest BCUT2D eigenvalue weighted by Crippen LogP contribution is 2.23. The van der Waals surface area contributed by atoms with Crippen molar-refractivity contribution < 1.29 is 0 Å². The number of hydrogen-bond donors (Lipinski definition) is 1. The van der Waals surface area contributed by atoms with E-state index in [9.17, 15) is 0 Å². The van der Waals surface area contributed by atoms with Gasteiger partial charge in [0.1, 0.15) is 17.5 Å². The highest BCUT2D eigenvalue weighted by atomic mass is 15.2. The lowest BCUT2D eigenvalue weighted by atomic mass is 10.3. The van der Waals surface area contributed by atoms with Gasteiger partial charge in [0.2, 0.25) is 0 Å². The Labute approximate surface area is 116 Å². The van der Waals surface area contributed by atoms with Gasteiger partial charge in [-0.3, -0.25) is 4.98 Å². The molecule has 3 aromatic heterocycles. The van der Waals surface area contributed by atoms with Crippen LogP contribution in [-0.2, 0) is 0 Å². The molecule has 0 fully saturated rings. The van der Waals surface area contributed by atoms with Gasteiger partial charge in [-0.15, -0.1) is 0 Å². The second-order valence-electron chi connectivity index (χ2n) is 4.37. The van der Waals surface area contributed by atoms with Crippen LogP contribution < -0.4 is 4.90 Å². The highest BCUT2D eigenvalue weighted by molar-refractivity contribution is 5.85. The van der Waals surface area contributed by atoms with Crippen molar-refractivity contribution in [2.45, 2.75) is 13.8 Å². The van der Waals surface area contributed by atoms with Gasteiger partial charge in [0, 0.05) is 19.3 Å². The van der Waals surface area contributed by atoms with Crippen LogP contribution in [0.1, 0.15) is 13.8 Å². The topological polar surface area (TPSA) is 70.6 Å². The zero-order chi connectivity index (χ0) is 13.9. The Morgan fingerprint density at radius 3 is 2.65 bits per heavy atom. The summed E-state index contributed by atoms with van der Waals surface area (Å²) >= 11 is 0. The van der Waals surface area contributed by atoms with E-state index in [-0.39, 0.29) is 0 Å². The number of nitrogens with zero attached hydrogens (tertiary/aromatic N) is 5. The zero-order valence-corrected chi connectivity index (χ0v) is 11.5. The van der Waals surface area contributed by atoms with Gasteiger partial charge in [-0.05, 0) is 26.0 Å². The third-order valence-corrected chi connectivity index (χ3v) is 3.24. The van der Waals surface area contributed by atoms with Gasteiger partial charge in [-0.1, -0.05) is 6.07 Å². The first-order valence-corrected chi connectivity index (χ1v) is 6.70. The molecule has 3 rings (SSSR count). The Morgan fingerprint density at radius 1 is 1.10 bits per heavy atom. The molecule has 0 amide bonds. The minimum atomic E-state index is 0.669. The summed E-state index contributed by atoms with van der Waals surface area (Å²) in [5.74, 6) is 1.60. The molecule has 0 aliphatic carbocycles.